The van der Waals surface area contributed by atoms with Crippen molar-refractivity contribution >= 4 is 35.0 Å². The van der Waals surface area contributed by atoms with Gasteiger partial charge in [-0.1, -0.05) is 35.5 Å². The fourth-order valence-electron chi connectivity index (χ4n) is 2.74. The highest BCUT2D eigenvalue weighted by Gasteiger charge is 2.33. The van der Waals surface area contributed by atoms with Crippen LogP contribution in [0.4, 0.5) is 14.5 Å². The van der Waals surface area contributed by atoms with Gasteiger partial charge < -0.3 is 9.32 Å². The molecule has 1 unspecified atom stereocenters. The normalized spacial score (nSPS) is 17.7. The lowest BCUT2D eigenvalue weighted by molar-refractivity contribution is -0.118. The molecule has 1 saturated heterocycles. The van der Waals surface area contributed by atoms with Crippen molar-refractivity contribution < 1.29 is 18.0 Å². The Morgan fingerprint density at radius 1 is 1.28 bits per heavy atom. The number of nitrogens with zero attached hydrogens (tertiary/aromatic N) is 1. The molecule has 1 fully saturated rings. The number of halogens is 3. The first-order valence-corrected chi connectivity index (χ1v) is 9.24. The highest BCUT2D eigenvalue weighted by Crippen LogP contribution is 2.29. The van der Waals surface area contributed by atoms with Crippen LogP contribution in [0.25, 0.3) is 0 Å². The summed E-state index contributed by atoms with van der Waals surface area (Å²) in [6, 6.07) is 10.3. The van der Waals surface area contributed by atoms with Crippen LogP contribution in [0.3, 0.4) is 0 Å². The van der Waals surface area contributed by atoms with Gasteiger partial charge in [-0.2, -0.15) is 8.78 Å². The summed E-state index contributed by atoms with van der Waals surface area (Å²) in [6.07, 6.45) is 0.666. The van der Waals surface area contributed by atoms with E-state index >= 15 is 0 Å². The van der Waals surface area contributed by atoms with E-state index in [9.17, 15) is 13.6 Å². The standard InChI is InChI=1S/C17H17ClF2N2O2S/c18-13-3-1-2-4-15(13)22-8-7-14(16(22)23)21-9-11-5-6-12(24-11)10-25-17(19)20/h1-6,14,17,21H,7-10H2. The number of hydrogen-bond acceptors (Lipinski definition) is 4. The first-order valence-electron chi connectivity index (χ1n) is 7.81. The molecule has 1 atom stereocenters. The first-order chi connectivity index (χ1) is 12.0. The summed E-state index contributed by atoms with van der Waals surface area (Å²) in [4.78, 5) is 14.2. The van der Waals surface area contributed by atoms with E-state index in [1.54, 1.807) is 23.1 Å². The number of hydrogen-bond donors (Lipinski definition) is 1. The maximum atomic E-state index is 12.5. The molecule has 0 radical (unpaired) electrons. The Balaban J connectivity index is 1.54. The Labute approximate surface area is 153 Å². The number of benzene rings is 1. The minimum absolute atomic E-state index is 0.0341. The molecule has 2 heterocycles. The molecule has 2 aromatic rings. The number of para-hydroxylation sites is 1. The number of rotatable bonds is 7. The van der Waals surface area contributed by atoms with Gasteiger partial charge in [-0.3, -0.25) is 10.1 Å². The van der Waals surface area contributed by atoms with Crippen molar-refractivity contribution in [1.29, 1.82) is 0 Å². The molecular weight excluding hydrogens is 370 g/mol. The lowest BCUT2D eigenvalue weighted by Gasteiger charge is -2.18. The third-order valence-electron chi connectivity index (χ3n) is 3.94. The van der Waals surface area contributed by atoms with Gasteiger partial charge in [-0.25, -0.2) is 0 Å². The SMILES string of the molecule is O=C1C(NCc2ccc(CSC(F)F)o2)CCN1c1ccccc1Cl. The maximum absolute atomic E-state index is 12.5. The summed E-state index contributed by atoms with van der Waals surface area (Å²) in [6.45, 7) is 0.959. The van der Waals surface area contributed by atoms with E-state index in [-0.39, 0.29) is 17.7 Å². The molecule has 1 aliphatic heterocycles. The molecule has 8 heteroatoms. The highest BCUT2D eigenvalue weighted by molar-refractivity contribution is 7.98. The molecule has 134 valence electrons. The van der Waals surface area contributed by atoms with Crippen molar-refractivity contribution in [2.75, 3.05) is 11.4 Å². The van der Waals surface area contributed by atoms with Crippen LogP contribution in [0.1, 0.15) is 17.9 Å². The van der Waals surface area contributed by atoms with Gasteiger partial charge >= 0.3 is 0 Å². The topological polar surface area (TPSA) is 45.5 Å². The van der Waals surface area contributed by atoms with Crippen molar-refractivity contribution in [3.05, 3.63) is 52.9 Å². The van der Waals surface area contributed by atoms with Crippen LogP contribution >= 0.6 is 23.4 Å². The van der Waals surface area contributed by atoms with E-state index in [4.69, 9.17) is 16.0 Å². The first kappa shape index (κ1) is 18.2. The molecule has 0 aliphatic carbocycles. The van der Waals surface area contributed by atoms with Crippen LogP contribution in [0.2, 0.25) is 5.02 Å². The van der Waals surface area contributed by atoms with E-state index in [0.717, 1.165) is 0 Å². The van der Waals surface area contributed by atoms with Crippen LogP contribution in [0, 0.1) is 0 Å². The molecule has 0 bridgehead atoms. The molecule has 1 amide bonds. The van der Waals surface area contributed by atoms with E-state index in [1.165, 1.54) is 0 Å². The van der Waals surface area contributed by atoms with Crippen molar-refractivity contribution in [2.24, 2.45) is 0 Å². The third-order valence-corrected chi connectivity index (χ3v) is 4.96. The Hall–Kier alpha value is -1.57. The lowest BCUT2D eigenvalue weighted by Crippen LogP contribution is -2.38. The van der Waals surface area contributed by atoms with Crippen molar-refractivity contribution in [2.45, 2.75) is 30.5 Å². The van der Waals surface area contributed by atoms with E-state index in [0.29, 0.717) is 53.5 Å². The predicted molar refractivity (Wildman–Crippen MR) is 95.1 cm³/mol. The smallest absolute Gasteiger partial charge is 0.284 e. The number of carbonyl (C=O) groups excluding carboxylic acids is 1. The summed E-state index contributed by atoms with van der Waals surface area (Å²) in [7, 11) is 0. The van der Waals surface area contributed by atoms with Crippen LogP contribution in [0.15, 0.2) is 40.8 Å². The quantitative estimate of drug-likeness (QED) is 0.771. The van der Waals surface area contributed by atoms with Gasteiger partial charge in [0.05, 0.1) is 29.0 Å². The minimum atomic E-state index is -2.42. The van der Waals surface area contributed by atoms with Gasteiger partial charge in [-0.15, -0.1) is 0 Å². The average molecular weight is 387 g/mol. The number of thioether (sulfide) groups is 1. The molecule has 3 rings (SSSR count). The number of carbonyl (C=O) groups is 1. The fraction of sp³-hybridized carbons (Fsp3) is 0.353. The van der Waals surface area contributed by atoms with Crippen LogP contribution in [0.5, 0.6) is 0 Å². The largest absolute Gasteiger partial charge is 0.464 e. The summed E-state index contributed by atoms with van der Waals surface area (Å²) in [5.74, 6) is -1.21. The fourth-order valence-corrected chi connectivity index (χ4v) is 3.43. The van der Waals surface area contributed by atoms with Gasteiger partial charge in [0.2, 0.25) is 5.91 Å². The second-order valence-electron chi connectivity index (χ2n) is 5.60. The van der Waals surface area contributed by atoms with E-state index in [2.05, 4.69) is 5.32 Å². The monoisotopic (exact) mass is 386 g/mol. The number of furan rings is 1. The van der Waals surface area contributed by atoms with Crippen molar-refractivity contribution in [1.82, 2.24) is 5.32 Å². The number of alkyl halides is 2. The molecule has 4 nitrogen and oxygen atoms in total. The number of nitrogens with one attached hydrogen (secondary N) is 1. The van der Waals surface area contributed by atoms with Crippen LogP contribution in [-0.2, 0) is 17.1 Å². The molecule has 1 aromatic heterocycles. The Morgan fingerprint density at radius 2 is 2.04 bits per heavy atom. The molecule has 25 heavy (non-hydrogen) atoms. The maximum Gasteiger partial charge on any atom is 0.284 e. The number of amides is 1. The molecule has 0 saturated carbocycles. The summed E-state index contributed by atoms with van der Waals surface area (Å²) in [5.41, 5.74) is 0.711. The third kappa shape index (κ3) is 4.54. The van der Waals surface area contributed by atoms with E-state index < -0.39 is 5.76 Å². The molecule has 1 aliphatic rings. The Kier molecular flexibility index (Phi) is 5.98. The van der Waals surface area contributed by atoms with Gasteiger partial charge in [-0.05, 0) is 30.7 Å². The Morgan fingerprint density at radius 3 is 2.80 bits per heavy atom. The van der Waals surface area contributed by atoms with Gasteiger partial charge in [0.25, 0.3) is 5.76 Å². The summed E-state index contributed by atoms with van der Waals surface area (Å²) >= 11 is 6.68. The minimum Gasteiger partial charge on any atom is -0.464 e. The summed E-state index contributed by atoms with van der Waals surface area (Å²) < 4.78 is 29.9. The van der Waals surface area contributed by atoms with E-state index in [1.807, 2.05) is 18.2 Å². The zero-order valence-corrected chi connectivity index (χ0v) is 14.8. The molecule has 1 N–H and O–H groups in total. The van der Waals surface area contributed by atoms with Gasteiger partial charge in [0.15, 0.2) is 0 Å². The highest BCUT2D eigenvalue weighted by atomic mass is 35.5. The molecule has 1 aromatic carbocycles. The van der Waals surface area contributed by atoms with Crippen LogP contribution < -0.4 is 10.2 Å². The predicted octanol–water partition coefficient (Wildman–Crippen LogP) is 4.28. The second kappa shape index (κ2) is 8.21. The zero-order chi connectivity index (χ0) is 17.8. The summed E-state index contributed by atoms with van der Waals surface area (Å²) in [5, 5.41) is 3.71. The van der Waals surface area contributed by atoms with Crippen molar-refractivity contribution in [3.63, 3.8) is 0 Å². The zero-order valence-electron chi connectivity index (χ0n) is 13.3. The van der Waals surface area contributed by atoms with Gasteiger partial charge in [0.1, 0.15) is 11.5 Å². The molecular formula is C17H17ClF2N2O2S. The Bertz CT molecular complexity index is 741. The van der Waals surface area contributed by atoms with Crippen molar-refractivity contribution in [3.8, 4) is 0 Å². The molecule has 0 spiro atoms. The van der Waals surface area contributed by atoms with Gasteiger partial charge in [0, 0.05) is 6.54 Å². The van der Waals surface area contributed by atoms with Crippen LogP contribution in [-0.4, -0.2) is 24.3 Å². The number of anilines is 1. The second-order valence-corrected chi connectivity index (χ2v) is 6.99. The average Bonchev–Trinajstić information content (AvgIpc) is 3.18. The lowest BCUT2D eigenvalue weighted by atomic mass is 10.2.